The van der Waals surface area contributed by atoms with Crippen LogP contribution in [-0.4, -0.2) is 41.2 Å². The second-order valence-electron chi connectivity index (χ2n) is 4.87. The van der Waals surface area contributed by atoms with E-state index in [1.54, 1.807) is 0 Å². The Bertz CT molecular complexity index is 572. The molecule has 4 heteroatoms. The van der Waals surface area contributed by atoms with Gasteiger partial charge in [-0.15, -0.1) is 0 Å². The second kappa shape index (κ2) is 4.82. The van der Waals surface area contributed by atoms with E-state index < -0.39 is 11.9 Å². The van der Waals surface area contributed by atoms with E-state index in [0.717, 1.165) is 16.5 Å². The third-order valence-electron chi connectivity index (χ3n) is 3.15. The van der Waals surface area contributed by atoms with Crippen LogP contribution in [0.4, 0.5) is 0 Å². The number of likely N-dealkylation sites (N-methyl/N-ethyl adjacent to an activating group) is 1. The van der Waals surface area contributed by atoms with Crippen molar-refractivity contribution in [1.82, 2.24) is 9.47 Å². The Balaban J connectivity index is 2.54. The lowest BCUT2D eigenvalue weighted by molar-refractivity contribution is -0.139. The number of aromatic nitrogens is 1. The highest BCUT2D eigenvalue weighted by Gasteiger charge is 2.24. The maximum Gasteiger partial charge on any atom is 0.312 e. The van der Waals surface area contributed by atoms with E-state index in [-0.39, 0.29) is 0 Å². The first-order valence-electron chi connectivity index (χ1n) is 5.92. The largest absolute Gasteiger partial charge is 0.481 e. The molecule has 2 aromatic rings. The number of carbonyl (C=O) groups is 1. The maximum absolute atomic E-state index is 11.5. The highest BCUT2D eigenvalue weighted by molar-refractivity contribution is 5.90. The van der Waals surface area contributed by atoms with Gasteiger partial charge in [0.1, 0.15) is 0 Å². The minimum Gasteiger partial charge on any atom is -0.481 e. The molecule has 18 heavy (non-hydrogen) atoms. The Kier molecular flexibility index (Phi) is 3.39. The number of carboxylic acid groups (broad SMARTS) is 1. The van der Waals surface area contributed by atoms with Gasteiger partial charge in [-0.05, 0) is 25.7 Å². The van der Waals surface area contributed by atoms with Crippen LogP contribution in [0.5, 0.6) is 0 Å². The maximum atomic E-state index is 11.5. The Morgan fingerprint density at radius 3 is 2.67 bits per heavy atom. The number of fused-ring (bicyclic) bond motifs is 1. The summed E-state index contributed by atoms with van der Waals surface area (Å²) in [6.45, 7) is 0.503. The second-order valence-corrected chi connectivity index (χ2v) is 4.87. The van der Waals surface area contributed by atoms with Crippen LogP contribution in [0.3, 0.4) is 0 Å². The zero-order valence-corrected chi connectivity index (χ0v) is 10.9. The molecule has 0 aliphatic heterocycles. The average Bonchev–Trinajstić information content (AvgIpc) is 2.64. The van der Waals surface area contributed by atoms with E-state index in [9.17, 15) is 9.90 Å². The van der Waals surface area contributed by atoms with Crippen molar-refractivity contribution < 1.29 is 9.90 Å². The summed E-state index contributed by atoms with van der Waals surface area (Å²) in [5.41, 5.74) is 1.95. The molecule has 96 valence electrons. The van der Waals surface area contributed by atoms with Gasteiger partial charge in [-0.2, -0.15) is 0 Å². The van der Waals surface area contributed by atoms with Gasteiger partial charge < -0.3 is 14.6 Å². The molecule has 0 spiro atoms. The molecule has 1 aromatic heterocycles. The normalized spacial score (nSPS) is 13.1. The van der Waals surface area contributed by atoms with Crippen LogP contribution in [0.2, 0.25) is 0 Å². The molecule has 1 aromatic carbocycles. The van der Waals surface area contributed by atoms with E-state index in [1.807, 2.05) is 61.1 Å². The first-order chi connectivity index (χ1) is 8.50. The Hall–Kier alpha value is -1.81. The van der Waals surface area contributed by atoms with E-state index in [1.165, 1.54) is 0 Å². The Morgan fingerprint density at radius 1 is 1.39 bits per heavy atom. The van der Waals surface area contributed by atoms with E-state index in [4.69, 9.17) is 0 Å². The SMILES string of the molecule is CN(C)CC(C(=O)O)c1cn(C)c2ccccc12. The van der Waals surface area contributed by atoms with Crippen molar-refractivity contribution in [1.29, 1.82) is 0 Å². The van der Waals surface area contributed by atoms with Gasteiger partial charge in [0.2, 0.25) is 0 Å². The summed E-state index contributed by atoms with van der Waals surface area (Å²) < 4.78 is 1.98. The van der Waals surface area contributed by atoms with Crippen molar-refractivity contribution in [3.63, 3.8) is 0 Å². The van der Waals surface area contributed by atoms with Gasteiger partial charge >= 0.3 is 5.97 Å². The number of benzene rings is 1. The summed E-state index contributed by atoms with van der Waals surface area (Å²) >= 11 is 0. The average molecular weight is 246 g/mol. The monoisotopic (exact) mass is 246 g/mol. The summed E-state index contributed by atoms with van der Waals surface area (Å²) in [5.74, 6) is -1.27. The molecule has 0 aliphatic carbocycles. The third kappa shape index (κ3) is 2.24. The molecule has 0 aliphatic rings. The molecule has 4 nitrogen and oxygen atoms in total. The van der Waals surface area contributed by atoms with Crippen LogP contribution in [0.15, 0.2) is 30.5 Å². The van der Waals surface area contributed by atoms with Gasteiger partial charge in [-0.1, -0.05) is 18.2 Å². The van der Waals surface area contributed by atoms with E-state index >= 15 is 0 Å². The van der Waals surface area contributed by atoms with Crippen molar-refractivity contribution in [2.24, 2.45) is 7.05 Å². The topological polar surface area (TPSA) is 45.5 Å². The van der Waals surface area contributed by atoms with Gasteiger partial charge in [-0.3, -0.25) is 4.79 Å². The third-order valence-corrected chi connectivity index (χ3v) is 3.15. The van der Waals surface area contributed by atoms with Crippen molar-refractivity contribution >= 4 is 16.9 Å². The molecule has 0 saturated heterocycles. The molecule has 0 saturated carbocycles. The van der Waals surface area contributed by atoms with Crippen LogP contribution in [0, 0.1) is 0 Å². The van der Waals surface area contributed by atoms with Gasteiger partial charge in [0.05, 0.1) is 5.92 Å². The first kappa shape index (κ1) is 12.6. The molecule has 1 N–H and O–H groups in total. The lowest BCUT2D eigenvalue weighted by Gasteiger charge is -2.16. The van der Waals surface area contributed by atoms with Crippen LogP contribution in [0.25, 0.3) is 10.9 Å². The molecule has 0 amide bonds. The van der Waals surface area contributed by atoms with Gasteiger partial charge in [0, 0.05) is 30.7 Å². The van der Waals surface area contributed by atoms with Gasteiger partial charge in [-0.25, -0.2) is 0 Å². The number of nitrogens with zero attached hydrogens (tertiary/aromatic N) is 2. The van der Waals surface area contributed by atoms with Crippen LogP contribution in [-0.2, 0) is 11.8 Å². The summed E-state index contributed by atoms with van der Waals surface area (Å²) in [4.78, 5) is 13.4. The fourth-order valence-corrected chi connectivity index (χ4v) is 2.33. The quantitative estimate of drug-likeness (QED) is 0.896. The molecule has 1 heterocycles. The number of aryl methyl sites for hydroxylation is 1. The molecule has 0 radical (unpaired) electrons. The number of rotatable bonds is 4. The predicted molar refractivity (Wildman–Crippen MR) is 71.8 cm³/mol. The minimum atomic E-state index is -0.778. The summed E-state index contributed by atoms with van der Waals surface area (Å²) in [6.07, 6.45) is 1.92. The van der Waals surface area contributed by atoms with Crippen LogP contribution in [0.1, 0.15) is 11.5 Å². The molecular formula is C14H18N2O2. The van der Waals surface area contributed by atoms with Crippen molar-refractivity contribution in [3.8, 4) is 0 Å². The van der Waals surface area contributed by atoms with Gasteiger partial charge in [0.15, 0.2) is 0 Å². The molecule has 0 bridgehead atoms. The lowest BCUT2D eigenvalue weighted by Crippen LogP contribution is -2.25. The number of hydrogen-bond donors (Lipinski definition) is 1. The number of para-hydroxylation sites is 1. The van der Waals surface area contributed by atoms with Crippen molar-refractivity contribution in [2.45, 2.75) is 5.92 Å². The smallest absolute Gasteiger partial charge is 0.312 e. The number of hydrogen-bond acceptors (Lipinski definition) is 2. The molecule has 1 unspecified atom stereocenters. The Labute approximate surface area is 106 Å². The predicted octanol–water partition coefficient (Wildman–Crippen LogP) is 1.91. The van der Waals surface area contributed by atoms with Crippen molar-refractivity contribution in [3.05, 3.63) is 36.0 Å². The zero-order chi connectivity index (χ0) is 13.3. The van der Waals surface area contributed by atoms with E-state index in [2.05, 4.69) is 0 Å². The van der Waals surface area contributed by atoms with Crippen molar-refractivity contribution in [2.75, 3.05) is 20.6 Å². The first-order valence-corrected chi connectivity index (χ1v) is 5.92. The van der Waals surface area contributed by atoms with E-state index in [0.29, 0.717) is 6.54 Å². The fraction of sp³-hybridized carbons (Fsp3) is 0.357. The summed E-state index contributed by atoms with van der Waals surface area (Å²) in [5, 5.41) is 10.4. The number of carboxylic acids is 1. The summed E-state index contributed by atoms with van der Waals surface area (Å²) in [6, 6.07) is 7.90. The van der Waals surface area contributed by atoms with Crippen LogP contribution >= 0.6 is 0 Å². The van der Waals surface area contributed by atoms with Gasteiger partial charge in [0.25, 0.3) is 0 Å². The Morgan fingerprint density at radius 2 is 2.06 bits per heavy atom. The molecule has 2 rings (SSSR count). The lowest BCUT2D eigenvalue weighted by atomic mass is 9.98. The number of aliphatic carboxylic acids is 1. The molecule has 0 fully saturated rings. The standard InChI is InChI=1S/C14H18N2O2/c1-15(2)8-12(14(17)18)11-9-16(3)13-7-5-4-6-10(11)13/h4-7,9,12H,8H2,1-3H3,(H,17,18). The molecule has 1 atom stereocenters. The highest BCUT2D eigenvalue weighted by Crippen LogP contribution is 2.27. The zero-order valence-electron chi connectivity index (χ0n) is 10.9. The minimum absolute atomic E-state index is 0.494. The summed E-state index contributed by atoms with van der Waals surface area (Å²) in [7, 11) is 5.72. The molecular weight excluding hydrogens is 228 g/mol. The fourth-order valence-electron chi connectivity index (χ4n) is 2.33. The highest BCUT2D eigenvalue weighted by atomic mass is 16.4. The van der Waals surface area contributed by atoms with Crippen LogP contribution < -0.4 is 0 Å².